The van der Waals surface area contributed by atoms with Gasteiger partial charge in [-0.2, -0.15) is 5.26 Å². The molecule has 1 fully saturated rings. The molecule has 3 heterocycles. The van der Waals surface area contributed by atoms with Crippen molar-refractivity contribution < 1.29 is 4.79 Å². The Hall–Kier alpha value is -2.75. The van der Waals surface area contributed by atoms with Crippen molar-refractivity contribution >= 4 is 22.8 Å². The van der Waals surface area contributed by atoms with Gasteiger partial charge in [0.25, 0.3) is 0 Å². The summed E-state index contributed by atoms with van der Waals surface area (Å²) in [6, 6.07) is 4.23. The number of rotatable bonds is 4. The standard InChI is InChI=1S/C20H28N6O/c1-5-13-10-26(19(27)24-12-20(2,3)4)11-16(13)25-17-14(8-21)9-23-18-15(17)6-7-22-18/h6-7,9,13,16H,5,10-12H2,1-4H3,(H,24,27)(H2,22,23,25). The van der Waals surface area contributed by atoms with E-state index in [4.69, 9.17) is 0 Å². The molecule has 2 aromatic heterocycles. The maximum atomic E-state index is 12.6. The van der Waals surface area contributed by atoms with Gasteiger partial charge in [0.1, 0.15) is 11.7 Å². The largest absolute Gasteiger partial charge is 0.378 e. The number of aromatic nitrogens is 2. The fraction of sp³-hybridized carbons (Fsp3) is 0.550. The van der Waals surface area contributed by atoms with Gasteiger partial charge in [-0.15, -0.1) is 0 Å². The second-order valence-electron chi connectivity index (χ2n) is 8.44. The molecular weight excluding hydrogens is 340 g/mol. The highest BCUT2D eigenvalue weighted by Crippen LogP contribution is 2.30. The lowest BCUT2D eigenvalue weighted by Crippen LogP contribution is -2.42. The predicted molar refractivity (Wildman–Crippen MR) is 106 cm³/mol. The molecule has 0 aromatic carbocycles. The van der Waals surface area contributed by atoms with Gasteiger partial charge in [0.15, 0.2) is 0 Å². The van der Waals surface area contributed by atoms with E-state index in [2.05, 4.69) is 54.4 Å². The Morgan fingerprint density at radius 3 is 2.89 bits per heavy atom. The van der Waals surface area contributed by atoms with Crippen LogP contribution < -0.4 is 10.6 Å². The molecule has 1 saturated heterocycles. The van der Waals surface area contributed by atoms with Crippen LogP contribution in [0.3, 0.4) is 0 Å². The highest BCUT2D eigenvalue weighted by atomic mass is 16.2. The molecule has 1 aliphatic heterocycles. The van der Waals surface area contributed by atoms with Gasteiger partial charge in [-0.1, -0.05) is 27.7 Å². The number of carbonyl (C=O) groups excluding carboxylic acids is 1. The van der Waals surface area contributed by atoms with E-state index in [1.54, 1.807) is 6.20 Å². The average Bonchev–Trinajstić information content (AvgIpc) is 3.26. The number of hydrogen-bond acceptors (Lipinski definition) is 4. The first-order chi connectivity index (χ1) is 12.8. The normalized spacial score (nSPS) is 19.9. The Labute approximate surface area is 160 Å². The zero-order valence-corrected chi connectivity index (χ0v) is 16.5. The van der Waals surface area contributed by atoms with Gasteiger partial charge < -0.3 is 20.5 Å². The number of nitrogens with zero attached hydrogens (tertiary/aromatic N) is 3. The Bertz CT molecular complexity index is 859. The molecule has 7 nitrogen and oxygen atoms in total. The number of nitrogens with one attached hydrogen (secondary N) is 3. The van der Waals surface area contributed by atoms with E-state index < -0.39 is 0 Å². The summed E-state index contributed by atoms with van der Waals surface area (Å²) in [4.78, 5) is 21.8. The van der Waals surface area contributed by atoms with Crippen LogP contribution in [0, 0.1) is 22.7 Å². The number of fused-ring (bicyclic) bond motifs is 1. The number of pyridine rings is 1. The summed E-state index contributed by atoms with van der Waals surface area (Å²) >= 11 is 0. The summed E-state index contributed by atoms with van der Waals surface area (Å²) in [5, 5.41) is 17.0. The number of urea groups is 1. The van der Waals surface area contributed by atoms with Gasteiger partial charge in [-0.05, 0) is 23.8 Å². The molecule has 3 rings (SSSR count). The van der Waals surface area contributed by atoms with Crippen LogP contribution in [0.25, 0.3) is 11.0 Å². The van der Waals surface area contributed by atoms with Gasteiger partial charge >= 0.3 is 6.03 Å². The highest BCUT2D eigenvalue weighted by molar-refractivity contribution is 5.92. The Kier molecular flexibility index (Phi) is 5.26. The number of carbonyl (C=O) groups is 1. The molecule has 0 saturated carbocycles. The van der Waals surface area contributed by atoms with E-state index in [-0.39, 0.29) is 17.5 Å². The second-order valence-corrected chi connectivity index (χ2v) is 8.44. The number of anilines is 1. The molecule has 0 aliphatic carbocycles. The van der Waals surface area contributed by atoms with Crippen LogP contribution in [0.1, 0.15) is 39.7 Å². The molecule has 0 bridgehead atoms. The monoisotopic (exact) mass is 368 g/mol. The summed E-state index contributed by atoms with van der Waals surface area (Å²) < 4.78 is 0. The van der Waals surface area contributed by atoms with E-state index in [0.717, 1.165) is 23.1 Å². The van der Waals surface area contributed by atoms with Crippen LogP contribution in [0.4, 0.5) is 10.5 Å². The van der Waals surface area contributed by atoms with Crippen molar-refractivity contribution in [2.45, 2.75) is 40.2 Å². The zero-order chi connectivity index (χ0) is 19.6. The van der Waals surface area contributed by atoms with Crippen LogP contribution in [0.2, 0.25) is 0 Å². The van der Waals surface area contributed by atoms with Crippen LogP contribution in [0.15, 0.2) is 18.5 Å². The summed E-state index contributed by atoms with van der Waals surface area (Å²) in [5.41, 5.74) is 2.12. The first-order valence-corrected chi connectivity index (χ1v) is 9.48. The molecule has 2 aromatic rings. The molecule has 2 unspecified atom stereocenters. The molecule has 7 heteroatoms. The van der Waals surface area contributed by atoms with Gasteiger partial charge in [-0.3, -0.25) is 0 Å². The number of nitriles is 1. The first-order valence-electron chi connectivity index (χ1n) is 9.48. The number of H-pyrrole nitrogens is 1. The third-order valence-corrected chi connectivity index (χ3v) is 5.06. The average molecular weight is 368 g/mol. The van der Waals surface area contributed by atoms with E-state index in [0.29, 0.717) is 31.1 Å². The third-order valence-electron chi connectivity index (χ3n) is 5.06. The van der Waals surface area contributed by atoms with Crippen molar-refractivity contribution in [2.75, 3.05) is 25.0 Å². The van der Waals surface area contributed by atoms with Crippen LogP contribution in [-0.4, -0.2) is 46.6 Å². The minimum Gasteiger partial charge on any atom is -0.378 e. The smallest absolute Gasteiger partial charge is 0.317 e. The van der Waals surface area contributed by atoms with Crippen LogP contribution in [0.5, 0.6) is 0 Å². The minimum absolute atomic E-state index is 0.0188. The Morgan fingerprint density at radius 1 is 1.44 bits per heavy atom. The fourth-order valence-electron chi connectivity index (χ4n) is 3.50. The summed E-state index contributed by atoms with van der Waals surface area (Å²) in [6.07, 6.45) is 4.37. The minimum atomic E-state index is -0.0188. The summed E-state index contributed by atoms with van der Waals surface area (Å²) in [6.45, 7) is 10.4. The lowest BCUT2D eigenvalue weighted by molar-refractivity contribution is 0.201. The van der Waals surface area contributed by atoms with E-state index in [1.165, 1.54) is 0 Å². The van der Waals surface area contributed by atoms with E-state index >= 15 is 0 Å². The number of likely N-dealkylation sites (tertiary alicyclic amines) is 1. The zero-order valence-electron chi connectivity index (χ0n) is 16.5. The summed E-state index contributed by atoms with van der Waals surface area (Å²) in [7, 11) is 0. The second kappa shape index (κ2) is 7.47. The highest BCUT2D eigenvalue weighted by Gasteiger charge is 2.35. The SMILES string of the molecule is CCC1CN(C(=O)NCC(C)(C)C)CC1Nc1c(C#N)cnc2[nH]ccc12. The van der Waals surface area contributed by atoms with Crippen molar-refractivity contribution in [1.82, 2.24) is 20.2 Å². The molecule has 144 valence electrons. The molecule has 0 spiro atoms. The molecule has 27 heavy (non-hydrogen) atoms. The van der Waals surface area contributed by atoms with Crippen molar-refractivity contribution in [3.05, 3.63) is 24.0 Å². The molecule has 0 radical (unpaired) electrons. The van der Waals surface area contributed by atoms with Crippen molar-refractivity contribution in [3.8, 4) is 6.07 Å². The lowest BCUT2D eigenvalue weighted by Gasteiger charge is -2.23. The van der Waals surface area contributed by atoms with Crippen LogP contribution in [-0.2, 0) is 0 Å². The number of hydrogen-bond donors (Lipinski definition) is 3. The molecule has 2 atom stereocenters. The lowest BCUT2D eigenvalue weighted by atomic mass is 9.97. The maximum Gasteiger partial charge on any atom is 0.317 e. The molecule has 2 amide bonds. The number of amides is 2. The molecular formula is C20H28N6O. The van der Waals surface area contributed by atoms with Crippen molar-refractivity contribution in [2.24, 2.45) is 11.3 Å². The third kappa shape index (κ3) is 4.16. The van der Waals surface area contributed by atoms with Gasteiger partial charge in [0.2, 0.25) is 0 Å². The molecule has 3 N–H and O–H groups in total. The van der Waals surface area contributed by atoms with Gasteiger partial charge in [0.05, 0.1) is 11.3 Å². The van der Waals surface area contributed by atoms with Crippen molar-refractivity contribution in [1.29, 1.82) is 5.26 Å². The predicted octanol–water partition coefficient (Wildman–Crippen LogP) is 3.31. The fourth-order valence-corrected chi connectivity index (χ4v) is 3.50. The Morgan fingerprint density at radius 2 is 2.22 bits per heavy atom. The first kappa shape index (κ1) is 19.0. The number of aromatic amines is 1. The maximum absolute atomic E-state index is 12.6. The van der Waals surface area contributed by atoms with Crippen LogP contribution >= 0.6 is 0 Å². The Balaban J connectivity index is 1.76. The van der Waals surface area contributed by atoms with Crippen molar-refractivity contribution in [3.63, 3.8) is 0 Å². The topological polar surface area (TPSA) is 96.8 Å². The summed E-state index contributed by atoms with van der Waals surface area (Å²) in [5.74, 6) is 0.332. The van der Waals surface area contributed by atoms with E-state index in [1.807, 2.05) is 17.2 Å². The van der Waals surface area contributed by atoms with Gasteiger partial charge in [-0.25, -0.2) is 9.78 Å². The van der Waals surface area contributed by atoms with Gasteiger partial charge in [0, 0.05) is 43.5 Å². The quantitative estimate of drug-likeness (QED) is 0.771. The molecule has 1 aliphatic rings. The van der Waals surface area contributed by atoms with E-state index in [9.17, 15) is 10.1 Å².